The van der Waals surface area contributed by atoms with Gasteiger partial charge in [-0.15, -0.1) is 11.8 Å². The minimum Gasteiger partial charge on any atom is -0.386 e. The topological polar surface area (TPSA) is 38.0 Å². The number of aliphatic hydroxyl groups excluding tert-OH is 1. The molecule has 1 unspecified atom stereocenters. The van der Waals surface area contributed by atoms with E-state index in [9.17, 15) is 9.50 Å². The van der Waals surface area contributed by atoms with Crippen molar-refractivity contribution in [3.63, 3.8) is 0 Å². The van der Waals surface area contributed by atoms with Crippen molar-refractivity contribution in [1.29, 1.82) is 0 Å². The third kappa shape index (κ3) is 3.42. The van der Waals surface area contributed by atoms with E-state index in [4.69, 9.17) is 0 Å². The molecule has 0 aliphatic carbocycles. The maximum absolute atomic E-state index is 13.5. The van der Waals surface area contributed by atoms with Gasteiger partial charge in [-0.2, -0.15) is 5.10 Å². The molecule has 0 aliphatic rings. The van der Waals surface area contributed by atoms with E-state index in [0.29, 0.717) is 10.6 Å². The van der Waals surface area contributed by atoms with Crippen LogP contribution in [0.5, 0.6) is 0 Å². The first kappa shape index (κ1) is 15.5. The number of rotatable bonds is 5. The summed E-state index contributed by atoms with van der Waals surface area (Å²) in [4.78, 5) is 0.540. The van der Waals surface area contributed by atoms with Gasteiger partial charge in [0.05, 0.1) is 16.4 Å². The van der Waals surface area contributed by atoms with E-state index in [2.05, 4.69) is 21.0 Å². The van der Waals surface area contributed by atoms with Crippen LogP contribution >= 0.6 is 27.7 Å². The number of aliphatic hydroxyl groups is 1. The van der Waals surface area contributed by atoms with Crippen molar-refractivity contribution < 1.29 is 9.50 Å². The minimum absolute atomic E-state index is 0.157. The molecule has 1 atom stereocenters. The number of thioether (sulfide) groups is 1. The van der Waals surface area contributed by atoms with Crippen LogP contribution in [0, 0.1) is 5.82 Å². The molecular formula is C14H16BrFN2OS. The van der Waals surface area contributed by atoms with Crippen LogP contribution in [0.4, 0.5) is 4.39 Å². The van der Waals surface area contributed by atoms with Gasteiger partial charge < -0.3 is 5.11 Å². The zero-order valence-corrected chi connectivity index (χ0v) is 13.7. The maximum atomic E-state index is 13.5. The Labute approximate surface area is 130 Å². The lowest BCUT2D eigenvalue weighted by Gasteiger charge is -2.16. The summed E-state index contributed by atoms with van der Waals surface area (Å²) >= 11 is 4.70. The maximum Gasteiger partial charge on any atom is 0.136 e. The standard InChI is InChI=1S/C14H16BrFN2OS/c1-9(2)18-14(10(15)7-17-18)12(19)8-20-13-6-4-3-5-11(13)16/h3-7,9,12,19H,8H2,1-2H3. The Bertz CT molecular complexity index is 588. The predicted octanol–water partition coefficient (Wildman–Crippen LogP) is 4.19. The molecule has 1 N–H and O–H groups in total. The van der Waals surface area contributed by atoms with E-state index in [1.54, 1.807) is 29.1 Å². The van der Waals surface area contributed by atoms with Gasteiger partial charge >= 0.3 is 0 Å². The summed E-state index contributed by atoms with van der Waals surface area (Å²) in [5, 5.41) is 14.6. The Morgan fingerprint density at radius 2 is 2.10 bits per heavy atom. The highest BCUT2D eigenvalue weighted by Crippen LogP contribution is 2.31. The van der Waals surface area contributed by atoms with Crippen molar-refractivity contribution in [2.75, 3.05) is 5.75 Å². The Hall–Kier alpha value is -0.850. The second-order valence-electron chi connectivity index (χ2n) is 4.67. The molecule has 3 nitrogen and oxygen atoms in total. The molecule has 0 fully saturated rings. The average molecular weight is 359 g/mol. The second kappa shape index (κ2) is 6.74. The molecule has 0 spiro atoms. The molecular weight excluding hydrogens is 343 g/mol. The molecule has 20 heavy (non-hydrogen) atoms. The van der Waals surface area contributed by atoms with Gasteiger partial charge in [0.1, 0.15) is 11.9 Å². The fraction of sp³-hybridized carbons (Fsp3) is 0.357. The van der Waals surface area contributed by atoms with Gasteiger partial charge in [0.25, 0.3) is 0 Å². The lowest BCUT2D eigenvalue weighted by molar-refractivity contribution is 0.188. The molecule has 0 bridgehead atoms. The van der Waals surface area contributed by atoms with Crippen LogP contribution in [0.1, 0.15) is 31.7 Å². The molecule has 2 aromatic rings. The first-order valence-electron chi connectivity index (χ1n) is 6.29. The van der Waals surface area contributed by atoms with Crippen LogP contribution in [0.25, 0.3) is 0 Å². The predicted molar refractivity (Wildman–Crippen MR) is 82.4 cm³/mol. The Morgan fingerprint density at radius 1 is 1.40 bits per heavy atom. The Kier molecular flexibility index (Phi) is 5.23. The number of aromatic nitrogens is 2. The lowest BCUT2D eigenvalue weighted by Crippen LogP contribution is -2.13. The summed E-state index contributed by atoms with van der Waals surface area (Å²) in [5.74, 6) is 0.110. The molecule has 0 amide bonds. The normalized spacial score (nSPS) is 12.9. The van der Waals surface area contributed by atoms with E-state index in [0.717, 1.165) is 10.2 Å². The van der Waals surface area contributed by atoms with Gasteiger partial charge in [0.15, 0.2) is 0 Å². The average Bonchev–Trinajstić information content (AvgIpc) is 2.79. The molecule has 2 rings (SSSR count). The SMILES string of the molecule is CC(C)n1ncc(Br)c1C(O)CSc1ccccc1F. The molecule has 108 valence electrons. The summed E-state index contributed by atoms with van der Waals surface area (Å²) in [6.07, 6.45) is 0.964. The van der Waals surface area contributed by atoms with Gasteiger partial charge in [-0.05, 0) is 41.9 Å². The zero-order chi connectivity index (χ0) is 14.7. The smallest absolute Gasteiger partial charge is 0.136 e. The number of nitrogens with zero attached hydrogens (tertiary/aromatic N) is 2. The molecule has 1 aromatic carbocycles. The summed E-state index contributed by atoms with van der Waals surface area (Å²) in [6, 6.07) is 6.72. The highest BCUT2D eigenvalue weighted by molar-refractivity contribution is 9.10. The van der Waals surface area contributed by atoms with Crippen molar-refractivity contribution in [3.05, 3.63) is 46.4 Å². The fourth-order valence-corrected chi connectivity index (χ4v) is 3.30. The van der Waals surface area contributed by atoms with Crippen LogP contribution in [-0.2, 0) is 0 Å². The summed E-state index contributed by atoms with van der Waals surface area (Å²) in [5.41, 5.74) is 0.726. The number of hydrogen-bond acceptors (Lipinski definition) is 3. The minimum atomic E-state index is -0.709. The van der Waals surface area contributed by atoms with Crippen LogP contribution in [0.15, 0.2) is 39.8 Å². The van der Waals surface area contributed by atoms with E-state index >= 15 is 0 Å². The van der Waals surface area contributed by atoms with Crippen molar-refractivity contribution in [1.82, 2.24) is 9.78 Å². The quantitative estimate of drug-likeness (QED) is 0.814. The van der Waals surface area contributed by atoms with Crippen molar-refractivity contribution in [2.24, 2.45) is 0 Å². The van der Waals surface area contributed by atoms with Crippen LogP contribution in [-0.4, -0.2) is 20.6 Å². The Balaban J connectivity index is 2.11. The van der Waals surface area contributed by atoms with Crippen LogP contribution in [0.2, 0.25) is 0 Å². The van der Waals surface area contributed by atoms with E-state index in [-0.39, 0.29) is 11.9 Å². The first-order chi connectivity index (χ1) is 9.50. The van der Waals surface area contributed by atoms with Crippen molar-refractivity contribution in [3.8, 4) is 0 Å². The summed E-state index contributed by atoms with van der Waals surface area (Å²) < 4.78 is 16.1. The van der Waals surface area contributed by atoms with Gasteiger partial charge in [0, 0.05) is 16.7 Å². The first-order valence-corrected chi connectivity index (χ1v) is 8.07. The molecule has 0 saturated heterocycles. The largest absolute Gasteiger partial charge is 0.386 e. The molecule has 0 aliphatic heterocycles. The second-order valence-corrected chi connectivity index (χ2v) is 6.59. The van der Waals surface area contributed by atoms with Crippen LogP contribution < -0.4 is 0 Å². The molecule has 1 aromatic heterocycles. The van der Waals surface area contributed by atoms with Gasteiger partial charge in [-0.25, -0.2) is 4.39 Å². The lowest BCUT2D eigenvalue weighted by atomic mass is 10.2. The van der Waals surface area contributed by atoms with Gasteiger partial charge in [-0.1, -0.05) is 12.1 Å². The third-order valence-corrected chi connectivity index (χ3v) is 4.56. The molecule has 0 saturated carbocycles. The van der Waals surface area contributed by atoms with Crippen LogP contribution in [0.3, 0.4) is 0 Å². The highest BCUT2D eigenvalue weighted by Gasteiger charge is 2.20. The monoisotopic (exact) mass is 358 g/mol. The Morgan fingerprint density at radius 3 is 2.75 bits per heavy atom. The van der Waals surface area contributed by atoms with E-state index in [1.807, 2.05) is 13.8 Å². The summed E-state index contributed by atoms with van der Waals surface area (Å²) in [6.45, 7) is 4.00. The highest BCUT2D eigenvalue weighted by atomic mass is 79.9. The fourth-order valence-electron chi connectivity index (χ4n) is 1.88. The van der Waals surface area contributed by atoms with Crippen molar-refractivity contribution >= 4 is 27.7 Å². The molecule has 1 heterocycles. The molecule has 0 radical (unpaired) electrons. The number of halogens is 2. The van der Waals surface area contributed by atoms with Crippen molar-refractivity contribution in [2.45, 2.75) is 30.9 Å². The zero-order valence-electron chi connectivity index (χ0n) is 11.3. The van der Waals surface area contributed by atoms with Gasteiger partial charge in [0.2, 0.25) is 0 Å². The molecule has 6 heteroatoms. The van der Waals surface area contributed by atoms with E-state index in [1.165, 1.54) is 17.8 Å². The summed E-state index contributed by atoms with van der Waals surface area (Å²) in [7, 11) is 0. The number of benzene rings is 1. The third-order valence-electron chi connectivity index (χ3n) is 2.83. The number of hydrogen-bond donors (Lipinski definition) is 1. The van der Waals surface area contributed by atoms with Gasteiger partial charge in [-0.3, -0.25) is 4.68 Å². The van der Waals surface area contributed by atoms with E-state index < -0.39 is 6.10 Å².